The largest absolute Gasteiger partial charge is 0.481 e. The highest BCUT2D eigenvalue weighted by Crippen LogP contribution is 2.44. The molecule has 4 heterocycles. The second-order valence-electron chi connectivity index (χ2n) is 13.1. The summed E-state index contributed by atoms with van der Waals surface area (Å²) in [6.07, 6.45) is -3.15. The molecular formula is C37H36ClF3N6O5. The van der Waals surface area contributed by atoms with Crippen molar-refractivity contribution < 1.29 is 27.8 Å². The number of methoxy groups -OCH3 is 1. The lowest BCUT2D eigenvalue weighted by Crippen LogP contribution is -2.47. The Kier molecular flexibility index (Phi) is 9.36. The van der Waals surface area contributed by atoms with Gasteiger partial charge < -0.3 is 25.2 Å². The van der Waals surface area contributed by atoms with Gasteiger partial charge >= 0.3 is 11.9 Å². The maximum absolute atomic E-state index is 14.0. The first-order valence-electron chi connectivity index (χ1n) is 16.7. The maximum atomic E-state index is 14.0. The van der Waals surface area contributed by atoms with Crippen LogP contribution in [0.15, 0.2) is 58.1 Å². The molecule has 1 saturated heterocycles. The van der Waals surface area contributed by atoms with Gasteiger partial charge in [0.05, 0.1) is 36.1 Å². The number of hydrogen-bond donors (Lipinski definition) is 3. The number of alkyl halides is 3. The molecule has 1 aliphatic heterocycles. The van der Waals surface area contributed by atoms with Crippen LogP contribution in [0.3, 0.4) is 0 Å². The van der Waals surface area contributed by atoms with E-state index in [1.54, 1.807) is 26.2 Å². The molecule has 3 atom stereocenters. The number of aromatic nitrogens is 4. The number of anilines is 2. The quantitative estimate of drug-likeness (QED) is 0.189. The van der Waals surface area contributed by atoms with Crippen LogP contribution in [0.1, 0.15) is 41.3 Å². The van der Waals surface area contributed by atoms with Crippen LogP contribution in [0.2, 0.25) is 5.02 Å². The molecule has 0 saturated carbocycles. The molecule has 0 bridgehead atoms. The summed E-state index contributed by atoms with van der Waals surface area (Å²) in [4.78, 5) is 34.5. The van der Waals surface area contributed by atoms with Gasteiger partial charge in [-0.05, 0) is 61.1 Å². The third-order valence-electron chi connectivity index (χ3n) is 9.99. The first-order valence-corrected chi connectivity index (χ1v) is 17.1. The Morgan fingerprint density at radius 2 is 1.75 bits per heavy atom. The third kappa shape index (κ3) is 6.23. The molecule has 1 aliphatic carbocycles. The van der Waals surface area contributed by atoms with Gasteiger partial charge in [-0.1, -0.05) is 41.9 Å². The fourth-order valence-corrected chi connectivity index (χ4v) is 7.52. The molecule has 2 aromatic carbocycles. The number of nitrogens with zero attached hydrogens (tertiary/aromatic N) is 4. The van der Waals surface area contributed by atoms with Crippen molar-refractivity contribution in [1.29, 1.82) is 0 Å². The molecule has 2 aliphatic rings. The summed E-state index contributed by atoms with van der Waals surface area (Å²) in [5.41, 5.74) is 2.62. The smallest absolute Gasteiger partial charge is 0.433 e. The molecule has 7 rings (SSSR count). The van der Waals surface area contributed by atoms with Gasteiger partial charge in [-0.3, -0.25) is 13.9 Å². The highest BCUT2D eigenvalue weighted by atomic mass is 35.5. The van der Waals surface area contributed by atoms with Crippen molar-refractivity contribution in [3.8, 4) is 28.3 Å². The van der Waals surface area contributed by atoms with E-state index in [-0.39, 0.29) is 28.8 Å². The van der Waals surface area contributed by atoms with Crippen LogP contribution in [0.25, 0.3) is 33.3 Å². The first kappa shape index (κ1) is 35.6. The predicted octanol–water partition coefficient (Wildman–Crippen LogP) is 5.82. The average Bonchev–Trinajstić information content (AvgIpc) is 3.53. The van der Waals surface area contributed by atoms with Crippen molar-refractivity contribution in [2.75, 3.05) is 25.6 Å². The van der Waals surface area contributed by atoms with Crippen LogP contribution in [-0.4, -0.2) is 56.7 Å². The van der Waals surface area contributed by atoms with Gasteiger partial charge in [-0.15, -0.1) is 0 Å². The fourth-order valence-electron chi connectivity index (χ4n) is 7.20. The summed E-state index contributed by atoms with van der Waals surface area (Å²) in [6, 6.07) is 13.3. The molecule has 0 radical (unpaired) electrons. The Morgan fingerprint density at radius 1 is 1.02 bits per heavy atom. The number of pyridine rings is 2. The van der Waals surface area contributed by atoms with Crippen molar-refractivity contribution in [2.45, 2.75) is 50.6 Å². The molecular weight excluding hydrogens is 701 g/mol. The summed E-state index contributed by atoms with van der Waals surface area (Å²) in [5, 5.41) is 17.2. The lowest BCUT2D eigenvalue weighted by molar-refractivity contribution is -0.141. The van der Waals surface area contributed by atoms with Gasteiger partial charge in [0.2, 0.25) is 5.88 Å². The molecule has 5 aromatic rings. The van der Waals surface area contributed by atoms with Crippen molar-refractivity contribution in [3.05, 3.63) is 96.8 Å². The van der Waals surface area contributed by atoms with E-state index in [2.05, 4.69) is 15.6 Å². The SMILES string of the molecule is COc1nc(-c2cccc(-c3cccc(Nc4nc(C(F)(F)F)cc5c4c(=O)n(C)c(=O)n5C)c3C)c2Cl)cc2c1[C@@H](N[C@@H]1CCOC[C@H]1O)CC2. The number of rotatable bonds is 7. The first-order chi connectivity index (χ1) is 24.8. The number of aryl methyl sites for hydroxylation is 2. The van der Waals surface area contributed by atoms with Gasteiger partial charge in [-0.2, -0.15) is 13.2 Å². The Bertz CT molecular complexity index is 2340. The number of ether oxygens (including phenoxy) is 2. The molecule has 0 amide bonds. The van der Waals surface area contributed by atoms with Crippen molar-refractivity contribution in [2.24, 2.45) is 14.1 Å². The summed E-state index contributed by atoms with van der Waals surface area (Å²) < 4.78 is 54.9. The van der Waals surface area contributed by atoms with E-state index in [4.69, 9.17) is 26.1 Å². The van der Waals surface area contributed by atoms with E-state index >= 15 is 0 Å². The fraction of sp³-hybridized carbons (Fsp3) is 0.351. The summed E-state index contributed by atoms with van der Waals surface area (Å²) in [7, 11) is 4.13. The lowest BCUT2D eigenvalue weighted by atomic mass is 9.96. The molecule has 0 spiro atoms. The van der Waals surface area contributed by atoms with Crippen molar-refractivity contribution >= 4 is 34.0 Å². The van der Waals surface area contributed by atoms with Gasteiger partial charge in [0.1, 0.15) is 16.9 Å². The van der Waals surface area contributed by atoms with Gasteiger partial charge in [0.25, 0.3) is 5.56 Å². The molecule has 11 nitrogen and oxygen atoms in total. The summed E-state index contributed by atoms with van der Waals surface area (Å²) in [6.45, 7) is 2.65. The van der Waals surface area contributed by atoms with Crippen LogP contribution in [-0.2, 0) is 31.4 Å². The number of hydrogen-bond acceptors (Lipinski definition) is 9. The van der Waals surface area contributed by atoms with Gasteiger partial charge in [0.15, 0.2) is 0 Å². The summed E-state index contributed by atoms with van der Waals surface area (Å²) in [5.74, 6) is 0.132. The number of nitrogens with one attached hydrogen (secondary N) is 2. The van der Waals surface area contributed by atoms with E-state index < -0.39 is 29.2 Å². The van der Waals surface area contributed by atoms with E-state index in [0.29, 0.717) is 70.2 Å². The van der Waals surface area contributed by atoms with E-state index in [1.165, 1.54) is 14.1 Å². The normalized spacial score (nSPS) is 18.8. The molecule has 52 heavy (non-hydrogen) atoms. The zero-order chi connectivity index (χ0) is 37.1. The van der Waals surface area contributed by atoms with E-state index in [0.717, 1.165) is 33.1 Å². The monoisotopic (exact) mass is 736 g/mol. The van der Waals surface area contributed by atoms with E-state index in [1.807, 2.05) is 30.3 Å². The zero-order valence-corrected chi connectivity index (χ0v) is 29.5. The topological polar surface area (TPSA) is 133 Å². The third-order valence-corrected chi connectivity index (χ3v) is 10.4. The van der Waals surface area contributed by atoms with Gasteiger partial charge in [0, 0.05) is 55.2 Å². The Balaban J connectivity index is 1.27. The van der Waals surface area contributed by atoms with Gasteiger partial charge in [-0.25, -0.2) is 14.8 Å². The minimum atomic E-state index is -4.84. The van der Waals surface area contributed by atoms with Crippen molar-refractivity contribution in [3.63, 3.8) is 0 Å². The highest BCUT2D eigenvalue weighted by Gasteiger charge is 2.35. The molecule has 1 fully saturated rings. The minimum Gasteiger partial charge on any atom is -0.481 e. The molecule has 0 unspecified atom stereocenters. The van der Waals surface area contributed by atoms with Crippen LogP contribution in [0, 0.1) is 6.92 Å². The second kappa shape index (κ2) is 13.7. The number of aliphatic hydroxyl groups excluding tert-OH is 1. The molecule has 3 N–H and O–H groups in total. The number of fused-ring (bicyclic) bond motifs is 2. The zero-order valence-electron chi connectivity index (χ0n) is 28.8. The van der Waals surface area contributed by atoms with Crippen LogP contribution in [0.5, 0.6) is 5.88 Å². The second-order valence-corrected chi connectivity index (χ2v) is 13.5. The van der Waals surface area contributed by atoms with Crippen LogP contribution in [0.4, 0.5) is 24.7 Å². The molecule has 272 valence electrons. The van der Waals surface area contributed by atoms with Crippen LogP contribution < -0.4 is 26.6 Å². The molecule has 3 aromatic heterocycles. The summed E-state index contributed by atoms with van der Waals surface area (Å²) >= 11 is 7.13. The van der Waals surface area contributed by atoms with Crippen LogP contribution >= 0.6 is 11.6 Å². The Hall–Kier alpha value is -4.76. The Labute approximate surface area is 301 Å². The number of halogens is 4. The van der Waals surface area contributed by atoms with E-state index in [9.17, 15) is 27.9 Å². The average molecular weight is 737 g/mol. The lowest BCUT2D eigenvalue weighted by Gasteiger charge is -2.31. The molecule has 15 heteroatoms. The standard InChI is InChI=1S/C37H36ClF3N6O5/c1-18-20(7-6-10-23(18)43-33-31-27(16-29(45-33)37(39,40)41)46(2)36(50)47(3)35(31)49)21-8-5-9-22(32(21)38)26-15-19-11-12-25(30(19)34(44-26)51-4)42-24-13-14-52-17-28(24)48/h5-10,15-16,24-25,28,42,48H,11-14,17H2,1-4H3,(H,43,45)/t24-,25+,28-/m1/s1. The maximum Gasteiger partial charge on any atom is 0.433 e. The predicted molar refractivity (Wildman–Crippen MR) is 191 cm³/mol. The highest BCUT2D eigenvalue weighted by molar-refractivity contribution is 6.36. The number of aliphatic hydroxyl groups is 1. The number of benzene rings is 2. The minimum absolute atomic E-state index is 0.0440. The Morgan fingerprint density at radius 3 is 2.48 bits per heavy atom. The van der Waals surface area contributed by atoms with Crippen molar-refractivity contribution in [1.82, 2.24) is 24.4 Å².